The van der Waals surface area contributed by atoms with Gasteiger partial charge in [0.1, 0.15) is 0 Å². The van der Waals surface area contributed by atoms with Crippen molar-refractivity contribution in [3.8, 4) is 0 Å². The van der Waals surface area contributed by atoms with Crippen LogP contribution >= 0.6 is 0 Å². The molecule has 0 saturated carbocycles. The molecule has 0 aliphatic heterocycles. The molecular formula is C10H14O. The molecule has 2 aliphatic rings. The molecule has 11 heavy (non-hydrogen) atoms. The standard InChI is InChI=1S/C10H14O/c1-6-5-7(2)10-8(6)3-4-9(10)11/h6-7H,3-5H2,1-2H3. The van der Waals surface area contributed by atoms with Crippen molar-refractivity contribution in [2.45, 2.75) is 33.1 Å². The summed E-state index contributed by atoms with van der Waals surface area (Å²) in [6.45, 7) is 4.43. The zero-order valence-corrected chi connectivity index (χ0v) is 7.18. The van der Waals surface area contributed by atoms with E-state index in [1.165, 1.54) is 17.6 Å². The molecule has 1 nitrogen and oxygen atoms in total. The second kappa shape index (κ2) is 2.20. The summed E-state index contributed by atoms with van der Waals surface area (Å²) in [6.07, 6.45) is 3.05. The summed E-state index contributed by atoms with van der Waals surface area (Å²) < 4.78 is 0. The molecule has 60 valence electrons. The first-order valence-corrected chi connectivity index (χ1v) is 4.46. The van der Waals surface area contributed by atoms with Gasteiger partial charge in [-0.25, -0.2) is 0 Å². The number of rotatable bonds is 0. The third kappa shape index (κ3) is 0.867. The van der Waals surface area contributed by atoms with Crippen molar-refractivity contribution in [1.82, 2.24) is 0 Å². The van der Waals surface area contributed by atoms with Gasteiger partial charge >= 0.3 is 0 Å². The van der Waals surface area contributed by atoms with Crippen LogP contribution in [0.5, 0.6) is 0 Å². The molecule has 0 N–H and O–H groups in total. The van der Waals surface area contributed by atoms with Gasteiger partial charge in [0.25, 0.3) is 0 Å². The number of allylic oxidation sites excluding steroid dienone is 2. The molecule has 0 spiro atoms. The van der Waals surface area contributed by atoms with Crippen LogP contribution in [-0.4, -0.2) is 5.78 Å². The number of ketones is 1. The molecule has 0 aromatic carbocycles. The van der Waals surface area contributed by atoms with Crippen molar-refractivity contribution in [2.24, 2.45) is 11.8 Å². The summed E-state index contributed by atoms with van der Waals surface area (Å²) >= 11 is 0. The zero-order valence-electron chi connectivity index (χ0n) is 7.18. The molecule has 2 atom stereocenters. The normalized spacial score (nSPS) is 36.7. The Hall–Kier alpha value is -0.590. The lowest BCUT2D eigenvalue weighted by Gasteiger charge is -2.07. The smallest absolute Gasteiger partial charge is 0.159 e. The molecule has 0 fully saturated rings. The van der Waals surface area contributed by atoms with E-state index in [1.54, 1.807) is 0 Å². The molecule has 0 amide bonds. The molecule has 2 unspecified atom stereocenters. The topological polar surface area (TPSA) is 17.1 Å². The molecular weight excluding hydrogens is 136 g/mol. The van der Waals surface area contributed by atoms with Gasteiger partial charge in [-0.15, -0.1) is 0 Å². The van der Waals surface area contributed by atoms with Gasteiger partial charge in [0.2, 0.25) is 0 Å². The summed E-state index contributed by atoms with van der Waals surface area (Å²) in [7, 11) is 0. The molecule has 0 heterocycles. The predicted octanol–water partition coefficient (Wildman–Crippen LogP) is 2.32. The van der Waals surface area contributed by atoms with Crippen molar-refractivity contribution in [3.63, 3.8) is 0 Å². The summed E-state index contributed by atoms with van der Waals surface area (Å²) in [5.41, 5.74) is 2.67. The fourth-order valence-electron chi connectivity index (χ4n) is 2.59. The fourth-order valence-corrected chi connectivity index (χ4v) is 2.59. The lowest BCUT2D eigenvalue weighted by molar-refractivity contribution is -0.115. The fraction of sp³-hybridized carbons (Fsp3) is 0.700. The van der Waals surface area contributed by atoms with Gasteiger partial charge in [-0.2, -0.15) is 0 Å². The van der Waals surface area contributed by atoms with Crippen molar-refractivity contribution in [2.75, 3.05) is 0 Å². The Morgan fingerprint density at radius 1 is 1.18 bits per heavy atom. The van der Waals surface area contributed by atoms with Crippen LogP contribution in [0.1, 0.15) is 33.1 Å². The summed E-state index contributed by atoms with van der Waals surface area (Å²) in [5.74, 6) is 1.67. The average molecular weight is 150 g/mol. The van der Waals surface area contributed by atoms with E-state index >= 15 is 0 Å². The SMILES string of the molecule is CC1CC(C)C2=C1CCC2=O. The monoisotopic (exact) mass is 150 g/mol. The van der Waals surface area contributed by atoms with Crippen LogP contribution in [0.15, 0.2) is 11.1 Å². The number of carbonyl (C=O) groups excluding carboxylic acids is 1. The Bertz CT molecular complexity index is 237. The summed E-state index contributed by atoms with van der Waals surface area (Å²) in [6, 6.07) is 0. The van der Waals surface area contributed by atoms with Crippen LogP contribution < -0.4 is 0 Å². The number of hydrogen-bond acceptors (Lipinski definition) is 1. The Balaban J connectivity index is 2.38. The van der Waals surface area contributed by atoms with E-state index in [0.717, 1.165) is 12.8 Å². The molecule has 0 saturated heterocycles. The Kier molecular flexibility index (Phi) is 1.41. The van der Waals surface area contributed by atoms with Crippen LogP contribution in [0.25, 0.3) is 0 Å². The summed E-state index contributed by atoms with van der Waals surface area (Å²) in [4.78, 5) is 11.4. The van der Waals surface area contributed by atoms with E-state index in [1.807, 2.05) is 0 Å². The second-order valence-electron chi connectivity index (χ2n) is 3.90. The Morgan fingerprint density at radius 2 is 1.91 bits per heavy atom. The van der Waals surface area contributed by atoms with Gasteiger partial charge in [-0.3, -0.25) is 4.79 Å². The van der Waals surface area contributed by atoms with E-state index in [9.17, 15) is 4.79 Å². The number of Topliss-reactive ketones (excluding diaryl/α,β-unsaturated/α-hetero) is 1. The Morgan fingerprint density at radius 3 is 2.55 bits per heavy atom. The van der Waals surface area contributed by atoms with Gasteiger partial charge < -0.3 is 0 Å². The van der Waals surface area contributed by atoms with E-state index in [2.05, 4.69) is 13.8 Å². The maximum atomic E-state index is 11.4. The molecule has 0 aromatic heterocycles. The van der Waals surface area contributed by atoms with Crippen LogP contribution in [-0.2, 0) is 4.79 Å². The molecule has 1 heteroatoms. The molecule has 0 aromatic rings. The molecule has 2 rings (SSSR count). The van der Waals surface area contributed by atoms with Crippen molar-refractivity contribution >= 4 is 5.78 Å². The quantitative estimate of drug-likeness (QED) is 0.518. The first kappa shape index (κ1) is 7.08. The molecule has 2 aliphatic carbocycles. The van der Waals surface area contributed by atoms with E-state index < -0.39 is 0 Å². The van der Waals surface area contributed by atoms with Crippen molar-refractivity contribution < 1.29 is 4.79 Å². The lowest BCUT2D eigenvalue weighted by Crippen LogP contribution is -2.03. The van der Waals surface area contributed by atoms with Crippen molar-refractivity contribution in [1.29, 1.82) is 0 Å². The van der Waals surface area contributed by atoms with Gasteiger partial charge in [0.15, 0.2) is 5.78 Å². The lowest BCUT2D eigenvalue weighted by atomic mass is 9.97. The van der Waals surface area contributed by atoms with Gasteiger partial charge in [0, 0.05) is 6.42 Å². The predicted molar refractivity (Wildman–Crippen MR) is 44.2 cm³/mol. The second-order valence-corrected chi connectivity index (χ2v) is 3.90. The minimum Gasteiger partial charge on any atom is -0.295 e. The molecule has 0 radical (unpaired) electrons. The van der Waals surface area contributed by atoms with Crippen LogP contribution in [0.3, 0.4) is 0 Å². The van der Waals surface area contributed by atoms with E-state index in [0.29, 0.717) is 17.6 Å². The van der Waals surface area contributed by atoms with Crippen LogP contribution in [0.4, 0.5) is 0 Å². The first-order chi connectivity index (χ1) is 5.20. The highest BCUT2D eigenvalue weighted by molar-refractivity contribution is 5.99. The van der Waals surface area contributed by atoms with E-state index in [-0.39, 0.29) is 0 Å². The van der Waals surface area contributed by atoms with Crippen molar-refractivity contribution in [3.05, 3.63) is 11.1 Å². The number of carbonyl (C=O) groups is 1. The maximum absolute atomic E-state index is 11.4. The highest BCUT2D eigenvalue weighted by atomic mass is 16.1. The third-order valence-electron chi connectivity index (χ3n) is 3.06. The highest BCUT2D eigenvalue weighted by Gasteiger charge is 2.35. The van der Waals surface area contributed by atoms with Crippen LogP contribution in [0.2, 0.25) is 0 Å². The summed E-state index contributed by atoms with van der Waals surface area (Å²) in [5, 5.41) is 0. The van der Waals surface area contributed by atoms with E-state index in [4.69, 9.17) is 0 Å². The number of hydrogen-bond donors (Lipinski definition) is 0. The zero-order chi connectivity index (χ0) is 8.01. The van der Waals surface area contributed by atoms with Gasteiger partial charge in [-0.1, -0.05) is 19.4 Å². The molecule has 0 bridgehead atoms. The third-order valence-corrected chi connectivity index (χ3v) is 3.06. The van der Waals surface area contributed by atoms with Crippen LogP contribution in [0, 0.1) is 11.8 Å². The highest BCUT2D eigenvalue weighted by Crippen LogP contribution is 2.43. The first-order valence-electron chi connectivity index (χ1n) is 4.46. The van der Waals surface area contributed by atoms with Gasteiger partial charge in [0.05, 0.1) is 0 Å². The van der Waals surface area contributed by atoms with Gasteiger partial charge in [-0.05, 0) is 30.3 Å². The minimum absolute atomic E-state index is 0.428. The average Bonchev–Trinajstić information content (AvgIpc) is 2.41. The maximum Gasteiger partial charge on any atom is 0.159 e. The Labute approximate surface area is 67.5 Å². The minimum atomic E-state index is 0.428. The largest absolute Gasteiger partial charge is 0.295 e.